The lowest BCUT2D eigenvalue weighted by atomic mass is 9.99. The summed E-state index contributed by atoms with van der Waals surface area (Å²) >= 11 is 0. The Morgan fingerprint density at radius 2 is 2.07 bits per heavy atom. The van der Waals surface area contributed by atoms with Crippen molar-refractivity contribution in [2.75, 3.05) is 6.61 Å². The van der Waals surface area contributed by atoms with E-state index >= 15 is 0 Å². The summed E-state index contributed by atoms with van der Waals surface area (Å²) in [6.45, 7) is 1.75. The summed E-state index contributed by atoms with van der Waals surface area (Å²) in [6, 6.07) is 3.74. The molecule has 0 bridgehead atoms. The number of rotatable bonds is 4. The zero-order valence-electron chi connectivity index (χ0n) is 13.8. The fraction of sp³-hybridized carbons (Fsp3) is 0.125. The predicted molar refractivity (Wildman–Crippen MR) is 92.7 cm³/mol. The number of benzene rings is 1. The van der Waals surface area contributed by atoms with Gasteiger partial charge in [0.05, 0.1) is 22.9 Å². The Morgan fingerprint density at radius 3 is 2.70 bits per heavy atom. The first-order valence-corrected chi connectivity index (χ1v) is 7.64. The number of non-ortho nitro benzene ring substituents is 1. The number of carbonyl (C=O) groups excluding carboxylic acids is 1. The highest BCUT2D eigenvalue weighted by Gasteiger charge is 2.29. The Labute approximate surface area is 149 Å². The molecule has 0 radical (unpaired) electrons. The van der Waals surface area contributed by atoms with Crippen molar-refractivity contribution in [1.82, 2.24) is 9.97 Å². The molecular weight excluding hydrogens is 360 g/mol. The van der Waals surface area contributed by atoms with Crippen molar-refractivity contribution in [3.05, 3.63) is 71.9 Å². The quantitative estimate of drug-likeness (QED) is 0.302. The van der Waals surface area contributed by atoms with Crippen molar-refractivity contribution in [1.29, 1.82) is 0 Å². The fourth-order valence-electron chi connectivity index (χ4n) is 2.60. The lowest BCUT2D eigenvalue weighted by Crippen LogP contribution is -2.27. The number of H-pyrrole nitrogens is 2. The smallest absolute Gasteiger partial charge is 0.332 e. The number of nitro benzene ring substituents is 1. The maximum atomic E-state index is 12.1. The topological polar surface area (TPSA) is 168 Å². The standard InChI is InChI=1S/C16H12N4O7/c1-2-27-11(21)6-10-8-4-3-7(20(25)26)5-9(8)13(17-10)12-14(22)18-16(24)19-15(12)23/h3-6H,2H2,1H3,(H3,18,19,22,23,24)/b10-6-. The molecule has 138 valence electrons. The fourth-order valence-corrected chi connectivity index (χ4v) is 2.60. The molecule has 0 spiro atoms. The number of hydrogen-bond donors (Lipinski definition) is 3. The Morgan fingerprint density at radius 1 is 1.33 bits per heavy atom. The average Bonchev–Trinajstić information content (AvgIpc) is 2.92. The number of aromatic amines is 2. The molecule has 0 atom stereocenters. The minimum atomic E-state index is -0.940. The average molecular weight is 372 g/mol. The third-order valence-electron chi connectivity index (χ3n) is 3.68. The van der Waals surface area contributed by atoms with E-state index in [1.165, 1.54) is 12.1 Å². The summed E-state index contributed by atoms with van der Waals surface area (Å²) in [6.07, 6.45) is 1.07. The highest BCUT2D eigenvalue weighted by molar-refractivity contribution is 6.22. The van der Waals surface area contributed by atoms with Crippen molar-refractivity contribution < 1.29 is 19.6 Å². The molecule has 11 nitrogen and oxygen atoms in total. The lowest BCUT2D eigenvalue weighted by Gasteiger charge is -2.04. The maximum absolute atomic E-state index is 12.1. The number of fused-ring (bicyclic) bond motifs is 1. The molecule has 27 heavy (non-hydrogen) atoms. The molecule has 1 aromatic carbocycles. The van der Waals surface area contributed by atoms with Crippen molar-refractivity contribution >= 4 is 23.1 Å². The summed E-state index contributed by atoms with van der Waals surface area (Å²) in [7, 11) is 0. The van der Waals surface area contributed by atoms with Crippen LogP contribution in [0.5, 0.6) is 5.88 Å². The van der Waals surface area contributed by atoms with Crippen LogP contribution >= 0.6 is 0 Å². The van der Waals surface area contributed by atoms with Gasteiger partial charge >= 0.3 is 11.7 Å². The Balaban J connectivity index is 2.27. The van der Waals surface area contributed by atoms with Gasteiger partial charge in [-0.3, -0.25) is 24.9 Å². The first kappa shape index (κ1) is 17.8. The molecule has 3 N–H and O–H groups in total. The Hall–Kier alpha value is -4.02. The van der Waals surface area contributed by atoms with E-state index in [1.807, 2.05) is 9.97 Å². The zero-order valence-corrected chi connectivity index (χ0v) is 13.8. The van der Waals surface area contributed by atoms with Gasteiger partial charge in [0.25, 0.3) is 11.2 Å². The molecule has 0 aliphatic carbocycles. The van der Waals surface area contributed by atoms with Crippen molar-refractivity contribution in [2.45, 2.75) is 6.92 Å². The monoisotopic (exact) mass is 372 g/mol. The van der Waals surface area contributed by atoms with Gasteiger partial charge in [-0.15, -0.1) is 0 Å². The van der Waals surface area contributed by atoms with Gasteiger partial charge in [-0.2, -0.15) is 0 Å². The van der Waals surface area contributed by atoms with Crippen LogP contribution in [0.15, 0.2) is 38.9 Å². The number of aromatic hydroxyl groups is 1. The van der Waals surface area contributed by atoms with E-state index in [-0.39, 0.29) is 34.8 Å². The highest BCUT2D eigenvalue weighted by atomic mass is 16.6. The van der Waals surface area contributed by atoms with Crippen molar-refractivity contribution in [3.63, 3.8) is 0 Å². The number of ether oxygens (including phenoxy) is 1. The molecule has 3 rings (SSSR count). The Kier molecular flexibility index (Phi) is 4.42. The van der Waals surface area contributed by atoms with Gasteiger partial charge in [0.1, 0.15) is 5.56 Å². The molecular formula is C16H12N4O7. The minimum Gasteiger partial charge on any atom is -0.494 e. The number of aromatic nitrogens is 2. The predicted octanol–water partition coefficient (Wildman–Crippen LogP) is 0.432. The molecule has 11 heteroatoms. The summed E-state index contributed by atoms with van der Waals surface area (Å²) in [5, 5.41) is 21.1. The first-order chi connectivity index (χ1) is 12.8. The van der Waals surface area contributed by atoms with Crippen LogP contribution in [-0.4, -0.2) is 38.3 Å². The summed E-state index contributed by atoms with van der Waals surface area (Å²) in [4.78, 5) is 53.7. The van der Waals surface area contributed by atoms with E-state index in [0.717, 1.165) is 12.1 Å². The molecule has 2 heterocycles. The number of esters is 1. The number of nitrogens with zero attached hydrogens (tertiary/aromatic N) is 2. The molecule has 0 saturated carbocycles. The number of nitrogens with one attached hydrogen (secondary N) is 2. The summed E-state index contributed by atoms with van der Waals surface area (Å²) in [5.41, 5.74) is -2.09. The second kappa shape index (κ2) is 6.71. The van der Waals surface area contributed by atoms with Crippen molar-refractivity contribution in [3.8, 4) is 5.88 Å². The van der Waals surface area contributed by atoms with E-state index in [9.17, 15) is 29.6 Å². The van der Waals surface area contributed by atoms with Crippen LogP contribution in [0.4, 0.5) is 5.69 Å². The zero-order chi connectivity index (χ0) is 19.7. The molecule has 0 fully saturated rings. The summed E-state index contributed by atoms with van der Waals surface area (Å²) < 4.78 is 4.83. The van der Waals surface area contributed by atoms with Crippen LogP contribution in [0.3, 0.4) is 0 Å². The molecule has 0 unspecified atom stereocenters. The third kappa shape index (κ3) is 3.25. The molecule has 0 saturated heterocycles. The second-order valence-electron chi connectivity index (χ2n) is 5.36. The van der Waals surface area contributed by atoms with Gasteiger partial charge in [-0.1, -0.05) is 0 Å². The molecule has 1 aromatic heterocycles. The van der Waals surface area contributed by atoms with Gasteiger partial charge in [0, 0.05) is 29.3 Å². The number of carbonyl (C=O) groups is 1. The van der Waals surface area contributed by atoms with E-state index in [1.54, 1.807) is 6.92 Å². The van der Waals surface area contributed by atoms with Gasteiger partial charge in [-0.25, -0.2) is 14.6 Å². The van der Waals surface area contributed by atoms with E-state index in [2.05, 4.69) is 4.99 Å². The van der Waals surface area contributed by atoms with Gasteiger partial charge in [0.2, 0.25) is 5.88 Å². The largest absolute Gasteiger partial charge is 0.494 e. The molecule has 0 amide bonds. The molecule has 1 aliphatic heterocycles. The minimum absolute atomic E-state index is 0.0957. The van der Waals surface area contributed by atoms with Crippen LogP contribution in [0.1, 0.15) is 23.6 Å². The van der Waals surface area contributed by atoms with Gasteiger partial charge in [-0.05, 0) is 13.0 Å². The van der Waals surface area contributed by atoms with Crippen LogP contribution in [0.25, 0.3) is 5.70 Å². The number of aliphatic imine (C=N–C) groups is 1. The molecule has 2 aromatic rings. The summed E-state index contributed by atoms with van der Waals surface area (Å²) in [5.74, 6) is -1.45. The third-order valence-corrected chi connectivity index (χ3v) is 3.68. The van der Waals surface area contributed by atoms with Crippen LogP contribution in [0.2, 0.25) is 0 Å². The van der Waals surface area contributed by atoms with Gasteiger partial charge in [0.15, 0.2) is 0 Å². The van der Waals surface area contributed by atoms with Crippen LogP contribution in [-0.2, 0) is 9.53 Å². The first-order valence-electron chi connectivity index (χ1n) is 7.64. The SMILES string of the molecule is CCOC(=O)/C=C1\N=C(c2c(O)[nH]c(=O)[nH]c2=O)c2cc([N+](=O)[O-])ccc21. The Bertz CT molecular complexity index is 1140. The van der Waals surface area contributed by atoms with E-state index < -0.39 is 28.0 Å². The van der Waals surface area contributed by atoms with Crippen molar-refractivity contribution in [2.24, 2.45) is 4.99 Å². The van der Waals surface area contributed by atoms with E-state index in [0.29, 0.717) is 5.56 Å². The number of nitro groups is 1. The molecule has 1 aliphatic rings. The maximum Gasteiger partial charge on any atom is 0.332 e. The second-order valence-corrected chi connectivity index (χ2v) is 5.36. The highest BCUT2D eigenvalue weighted by Crippen LogP contribution is 2.34. The normalized spacial score (nSPS) is 14.0. The number of hydrogen-bond acceptors (Lipinski definition) is 8. The van der Waals surface area contributed by atoms with Gasteiger partial charge < -0.3 is 9.84 Å². The van der Waals surface area contributed by atoms with E-state index in [4.69, 9.17) is 4.74 Å². The van der Waals surface area contributed by atoms with Crippen LogP contribution < -0.4 is 11.2 Å². The van der Waals surface area contributed by atoms with Crippen LogP contribution in [0, 0.1) is 10.1 Å². The lowest BCUT2D eigenvalue weighted by molar-refractivity contribution is -0.384.